The van der Waals surface area contributed by atoms with E-state index in [0.29, 0.717) is 18.2 Å². The average Bonchev–Trinajstić information content (AvgIpc) is 2.88. The van der Waals surface area contributed by atoms with Crippen LogP contribution in [0.2, 0.25) is 0 Å². The normalized spacial score (nSPS) is 30.3. The van der Waals surface area contributed by atoms with Crippen LogP contribution in [0.4, 0.5) is 13.2 Å². The zero-order chi connectivity index (χ0) is 26.9. The first-order valence-electron chi connectivity index (χ1n) is 14.3. The first-order valence-corrected chi connectivity index (χ1v) is 15.8. The number of nitrogens with one attached hydrogen (secondary N) is 1. The number of fused-ring (bicyclic) bond motifs is 6. The molecule has 5 atom stereocenters. The molecule has 10 heteroatoms. The molecular weight excluding hydrogens is 515 g/mol. The van der Waals surface area contributed by atoms with Gasteiger partial charge in [-0.1, -0.05) is 18.6 Å². The molecule has 3 heterocycles. The number of rotatable bonds is 8. The second kappa shape index (κ2) is 11.5. The summed E-state index contributed by atoms with van der Waals surface area (Å²) in [6, 6.07) is 5.88. The van der Waals surface area contributed by atoms with Gasteiger partial charge in [-0.05, 0) is 106 Å². The van der Waals surface area contributed by atoms with Crippen LogP contribution in [-0.2, 0) is 21.1 Å². The van der Waals surface area contributed by atoms with Crippen molar-refractivity contribution in [2.75, 3.05) is 32.7 Å². The summed E-state index contributed by atoms with van der Waals surface area (Å²) in [7, 11) is -5.38. The van der Waals surface area contributed by atoms with Crippen molar-refractivity contribution in [3.8, 4) is 0 Å². The van der Waals surface area contributed by atoms with E-state index in [1.807, 2.05) is 0 Å². The number of carbonyl (C=O) groups is 1. The lowest BCUT2D eigenvalue weighted by Gasteiger charge is -2.58. The lowest BCUT2D eigenvalue weighted by molar-refractivity contribution is -0.120. The molecule has 1 saturated carbocycles. The fraction of sp³-hybridized carbons (Fsp3) is 0.750. The molecule has 0 spiro atoms. The Morgan fingerprint density at radius 1 is 0.947 bits per heavy atom. The van der Waals surface area contributed by atoms with Gasteiger partial charge in [-0.25, -0.2) is 8.42 Å². The number of hydrogen-bond donors (Lipinski definition) is 1. The van der Waals surface area contributed by atoms with Gasteiger partial charge in [0.25, 0.3) is 9.84 Å². The van der Waals surface area contributed by atoms with Crippen molar-refractivity contribution < 1.29 is 26.4 Å². The van der Waals surface area contributed by atoms with Crippen LogP contribution in [0.5, 0.6) is 0 Å². The fourth-order valence-electron chi connectivity index (χ4n) is 7.80. The molecule has 2 bridgehead atoms. The monoisotopic (exact) mass is 555 g/mol. The highest BCUT2D eigenvalue weighted by Gasteiger charge is 2.49. The van der Waals surface area contributed by atoms with Crippen LogP contribution in [0.15, 0.2) is 29.2 Å². The molecule has 3 saturated heterocycles. The smallest absolute Gasteiger partial charge is 0.356 e. The van der Waals surface area contributed by atoms with Crippen LogP contribution in [0.1, 0.15) is 63.4 Å². The van der Waals surface area contributed by atoms with Crippen molar-refractivity contribution in [1.82, 2.24) is 15.1 Å². The van der Waals surface area contributed by atoms with Gasteiger partial charge in [0.2, 0.25) is 5.91 Å². The highest BCUT2D eigenvalue weighted by Crippen LogP contribution is 2.48. The van der Waals surface area contributed by atoms with E-state index < -0.39 is 20.2 Å². The maximum atomic E-state index is 12.7. The molecule has 0 aromatic heterocycles. The molecular formula is C28H40F3N3O3S. The van der Waals surface area contributed by atoms with E-state index >= 15 is 0 Å². The zero-order valence-corrected chi connectivity index (χ0v) is 22.8. The Hall–Kier alpha value is -1.65. The van der Waals surface area contributed by atoms with Crippen molar-refractivity contribution >= 4 is 15.7 Å². The molecule has 1 amide bonds. The molecule has 1 N–H and O–H groups in total. The SMILES string of the molecule is O=C(Cc1ccc(S(=O)(=O)C(F)(F)F)cc1)NCCCCN1CCC[C@@H]2C[C@H]3C[C@H](CN4CCCC[C@H]34)[C@@H]21. The maximum absolute atomic E-state index is 12.7. The third kappa shape index (κ3) is 5.92. The Bertz CT molecular complexity index is 1080. The standard InChI is InChI=1S/C28H40F3N3O3S/c29-28(30,31)38(36,37)24-10-8-20(9-11-24)16-26(35)32-12-2-4-13-33-15-5-6-21-17-22-18-23(27(21)33)19-34-14-3-1-7-25(22)34/h8-11,21-23,25,27H,1-7,12-19H2,(H,32,35)/t21-,22+,23-,25-,27-/m1/s1. The van der Waals surface area contributed by atoms with Crippen LogP contribution in [0.25, 0.3) is 0 Å². The van der Waals surface area contributed by atoms with Crippen molar-refractivity contribution in [2.45, 2.75) is 86.7 Å². The minimum absolute atomic E-state index is 0.00254. The third-order valence-corrected chi connectivity index (χ3v) is 10.9. The molecule has 1 aromatic rings. The van der Waals surface area contributed by atoms with Crippen LogP contribution < -0.4 is 5.32 Å². The third-order valence-electron chi connectivity index (χ3n) is 9.39. The largest absolute Gasteiger partial charge is 0.501 e. The van der Waals surface area contributed by atoms with Gasteiger partial charge in [0.05, 0.1) is 11.3 Å². The summed E-state index contributed by atoms with van der Waals surface area (Å²) in [4.78, 5) is 17.1. The fourth-order valence-corrected chi connectivity index (χ4v) is 8.56. The second-order valence-corrected chi connectivity index (χ2v) is 13.7. The van der Waals surface area contributed by atoms with Gasteiger partial charge in [-0.3, -0.25) is 14.6 Å². The zero-order valence-electron chi connectivity index (χ0n) is 22.0. The molecule has 1 aromatic carbocycles. The molecule has 0 radical (unpaired) electrons. The highest BCUT2D eigenvalue weighted by atomic mass is 32.2. The van der Waals surface area contributed by atoms with Gasteiger partial charge in [-0.2, -0.15) is 13.2 Å². The number of unbranched alkanes of at least 4 members (excludes halogenated alkanes) is 1. The number of piperidine rings is 3. The molecule has 4 aliphatic rings. The number of benzene rings is 1. The Balaban J connectivity index is 1.05. The molecule has 1 aliphatic carbocycles. The van der Waals surface area contributed by atoms with E-state index in [4.69, 9.17) is 0 Å². The predicted octanol–water partition coefficient (Wildman–Crippen LogP) is 4.39. The van der Waals surface area contributed by atoms with Gasteiger partial charge in [0, 0.05) is 25.2 Å². The maximum Gasteiger partial charge on any atom is 0.501 e. The summed E-state index contributed by atoms with van der Waals surface area (Å²) in [5, 5.41) is 2.90. The Morgan fingerprint density at radius 2 is 1.71 bits per heavy atom. The molecule has 5 rings (SSSR count). The lowest BCUT2D eigenvalue weighted by Crippen LogP contribution is -2.62. The number of nitrogens with zero attached hydrogens (tertiary/aromatic N) is 2. The quantitative estimate of drug-likeness (QED) is 0.482. The van der Waals surface area contributed by atoms with Crippen molar-refractivity contribution in [3.63, 3.8) is 0 Å². The van der Waals surface area contributed by atoms with Crippen molar-refractivity contribution in [1.29, 1.82) is 0 Å². The summed E-state index contributed by atoms with van der Waals surface area (Å²) in [6.07, 6.45) is 11.5. The lowest BCUT2D eigenvalue weighted by atomic mass is 9.62. The summed E-state index contributed by atoms with van der Waals surface area (Å²) in [5.74, 6) is 2.32. The number of sulfone groups is 1. The number of amides is 1. The Kier molecular flexibility index (Phi) is 8.41. The summed E-state index contributed by atoms with van der Waals surface area (Å²) >= 11 is 0. The number of likely N-dealkylation sites (tertiary alicyclic amines) is 1. The molecule has 6 nitrogen and oxygen atoms in total. The average molecular weight is 556 g/mol. The number of hydrogen-bond acceptors (Lipinski definition) is 5. The topological polar surface area (TPSA) is 69.7 Å². The molecule has 0 unspecified atom stereocenters. The van der Waals surface area contributed by atoms with E-state index in [-0.39, 0.29) is 12.3 Å². The highest BCUT2D eigenvalue weighted by molar-refractivity contribution is 7.92. The minimum atomic E-state index is -5.38. The van der Waals surface area contributed by atoms with Crippen molar-refractivity contribution in [3.05, 3.63) is 29.8 Å². The molecule has 3 aliphatic heterocycles. The number of carbonyl (C=O) groups excluding carboxylic acids is 1. The summed E-state index contributed by atoms with van der Waals surface area (Å²) in [6.45, 7) is 5.36. The van der Waals surface area contributed by atoms with E-state index in [1.54, 1.807) is 0 Å². The van der Waals surface area contributed by atoms with E-state index in [9.17, 15) is 26.4 Å². The Morgan fingerprint density at radius 3 is 2.47 bits per heavy atom. The summed E-state index contributed by atoms with van der Waals surface area (Å²) < 4.78 is 61.0. The van der Waals surface area contributed by atoms with Crippen molar-refractivity contribution in [2.24, 2.45) is 17.8 Å². The van der Waals surface area contributed by atoms with E-state index in [1.165, 1.54) is 76.7 Å². The first-order chi connectivity index (χ1) is 18.1. The number of alkyl halides is 3. The van der Waals surface area contributed by atoms with Crippen LogP contribution in [-0.4, -0.2) is 74.4 Å². The first kappa shape index (κ1) is 27.9. The van der Waals surface area contributed by atoms with Gasteiger partial charge in [0.1, 0.15) is 0 Å². The van der Waals surface area contributed by atoms with E-state index in [0.717, 1.165) is 55.3 Å². The molecule has 212 valence electrons. The van der Waals surface area contributed by atoms with Gasteiger partial charge >= 0.3 is 5.51 Å². The van der Waals surface area contributed by atoms with E-state index in [2.05, 4.69) is 15.1 Å². The van der Waals surface area contributed by atoms with Crippen LogP contribution >= 0.6 is 0 Å². The minimum Gasteiger partial charge on any atom is -0.356 e. The summed E-state index contributed by atoms with van der Waals surface area (Å²) in [5.41, 5.74) is -4.87. The second-order valence-electron chi connectivity index (χ2n) is 11.8. The van der Waals surface area contributed by atoms with Crippen LogP contribution in [0, 0.1) is 17.8 Å². The van der Waals surface area contributed by atoms with Gasteiger partial charge in [0.15, 0.2) is 0 Å². The molecule has 38 heavy (non-hydrogen) atoms. The van der Waals surface area contributed by atoms with Crippen LogP contribution in [0.3, 0.4) is 0 Å². The Labute approximate surface area is 224 Å². The van der Waals surface area contributed by atoms with Gasteiger partial charge < -0.3 is 5.32 Å². The molecule has 4 fully saturated rings. The van der Waals surface area contributed by atoms with Gasteiger partial charge in [-0.15, -0.1) is 0 Å². The predicted molar refractivity (Wildman–Crippen MR) is 139 cm³/mol. The number of halogens is 3.